The Morgan fingerprint density at radius 1 is 1.18 bits per heavy atom. The second kappa shape index (κ2) is 7.23. The molecule has 0 fully saturated rings. The van der Waals surface area contributed by atoms with Gasteiger partial charge in [0.1, 0.15) is 5.78 Å². The molecule has 0 radical (unpaired) electrons. The third-order valence-electron chi connectivity index (χ3n) is 2.91. The van der Waals surface area contributed by atoms with E-state index in [0.717, 1.165) is 25.7 Å². The maximum atomic E-state index is 10.8. The van der Waals surface area contributed by atoms with Crippen molar-refractivity contribution in [2.45, 2.75) is 52.0 Å². The van der Waals surface area contributed by atoms with Crippen LogP contribution in [-0.4, -0.2) is 11.8 Å². The van der Waals surface area contributed by atoms with Gasteiger partial charge in [-0.3, -0.25) is 0 Å². The van der Waals surface area contributed by atoms with Crippen LogP contribution in [0.3, 0.4) is 0 Å². The average molecular weight is 233 g/mol. The van der Waals surface area contributed by atoms with Gasteiger partial charge in [0.15, 0.2) is 0 Å². The zero-order valence-electron chi connectivity index (χ0n) is 10.9. The fourth-order valence-corrected chi connectivity index (χ4v) is 1.81. The Balaban J connectivity index is 2.36. The molecule has 2 N–H and O–H groups in total. The molecule has 0 aromatic heterocycles. The minimum atomic E-state index is 0.269. The number of carbonyl (C=O) groups excluding carboxylic acids is 1. The van der Waals surface area contributed by atoms with Crippen LogP contribution in [0.25, 0.3) is 0 Å². The van der Waals surface area contributed by atoms with Crippen molar-refractivity contribution in [3.05, 3.63) is 35.4 Å². The van der Waals surface area contributed by atoms with Gasteiger partial charge in [-0.15, -0.1) is 0 Å². The van der Waals surface area contributed by atoms with Crippen LogP contribution in [0, 0.1) is 0 Å². The van der Waals surface area contributed by atoms with Gasteiger partial charge in [-0.1, -0.05) is 24.3 Å². The van der Waals surface area contributed by atoms with Gasteiger partial charge in [0, 0.05) is 12.5 Å². The minimum absolute atomic E-state index is 0.269. The van der Waals surface area contributed by atoms with Crippen LogP contribution in [0.1, 0.15) is 44.2 Å². The molecule has 1 aromatic rings. The first-order valence-electron chi connectivity index (χ1n) is 6.41. The van der Waals surface area contributed by atoms with Crippen LogP contribution >= 0.6 is 0 Å². The van der Waals surface area contributed by atoms with Crippen molar-refractivity contribution in [2.75, 3.05) is 0 Å². The van der Waals surface area contributed by atoms with Crippen molar-refractivity contribution in [3.8, 4) is 0 Å². The number of hydrogen-bond donors (Lipinski definition) is 1. The monoisotopic (exact) mass is 233 g/mol. The summed E-state index contributed by atoms with van der Waals surface area (Å²) in [7, 11) is 0. The lowest BCUT2D eigenvalue weighted by Crippen LogP contribution is -2.15. The van der Waals surface area contributed by atoms with Crippen molar-refractivity contribution in [1.82, 2.24) is 0 Å². The second-order valence-electron chi connectivity index (χ2n) is 4.89. The lowest BCUT2D eigenvalue weighted by atomic mass is 10.0. The van der Waals surface area contributed by atoms with Gasteiger partial charge in [0.2, 0.25) is 0 Å². The van der Waals surface area contributed by atoms with Crippen LogP contribution in [0.2, 0.25) is 0 Å². The molecular formula is C15H23NO. The SMILES string of the molecule is CC(=O)CCCc1ccc(CCC(C)N)cc1. The Morgan fingerprint density at radius 3 is 2.18 bits per heavy atom. The number of benzene rings is 1. The summed E-state index contributed by atoms with van der Waals surface area (Å²) in [6.45, 7) is 3.69. The number of hydrogen-bond acceptors (Lipinski definition) is 2. The van der Waals surface area contributed by atoms with Gasteiger partial charge in [0.25, 0.3) is 0 Å². The van der Waals surface area contributed by atoms with E-state index in [1.807, 2.05) is 6.92 Å². The lowest BCUT2D eigenvalue weighted by Gasteiger charge is -2.06. The molecule has 0 bridgehead atoms. The van der Waals surface area contributed by atoms with Crippen molar-refractivity contribution in [1.29, 1.82) is 0 Å². The van der Waals surface area contributed by atoms with E-state index in [2.05, 4.69) is 24.3 Å². The van der Waals surface area contributed by atoms with Crippen molar-refractivity contribution < 1.29 is 4.79 Å². The van der Waals surface area contributed by atoms with Crippen LogP contribution in [-0.2, 0) is 17.6 Å². The molecule has 2 nitrogen and oxygen atoms in total. The van der Waals surface area contributed by atoms with Crippen molar-refractivity contribution in [2.24, 2.45) is 5.73 Å². The number of carbonyl (C=O) groups is 1. The summed E-state index contributed by atoms with van der Waals surface area (Å²) in [4.78, 5) is 10.8. The highest BCUT2D eigenvalue weighted by molar-refractivity contribution is 5.75. The zero-order chi connectivity index (χ0) is 12.7. The summed E-state index contributed by atoms with van der Waals surface area (Å²) in [5.41, 5.74) is 8.39. The van der Waals surface area contributed by atoms with E-state index >= 15 is 0 Å². The molecule has 94 valence electrons. The normalized spacial score (nSPS) is 12.4. The van der Waals surface area contributed by atoms with E-state index in [1.54, 1.807) is 6.92 Å². The predicted octanol–water partition coefficient (Wildman–Crippen LogP) is 2.88. The van der Waals surface area contributed by atoms with E-state index in [-0.39, 0.29) is 11.8 Å². The Bertz CT molecular complexity index is 340. The molecule has 0 saturated heterocycles. The van der Waals surface area contributed by atoms with Crippen molar-refractivity contribution in [3.63, 3.8) is 0 Å². The molecule has 0 aliphatic rings. The van der Waals surface area contributed by atoms with E-state index in [0.29, 0.717) is 6.42 Å². The molecule has 1 atom stereocenters. The van der Waals surface area contributed by atoms with Gasteiger partial charge in [-0.05, 0) is 50.7 Å². The molecule has 0 spiro atoms. The third kappa shape index (κ3) is 6.22. The summed E-state index contributed by atoms with van der Waals surface area (Å²) in [6, 6.07) is 8.94. The highest BCUT2D eigenvalue weighted by atomic mass is 16.1. The first-order valence-corrected chi connectivity index (χ1v) is 6.41. The summed E-state index contributed by atoms with van der Waals surface area (Å²) in [5.74, 6) is 0.276. The molecule has 0 heterocycles. The lowest BCUT2D eigenvalue weighted by molar-refractivity contribution is -0.117. The number of rotatable bonds is 7. The molecule has 1 unspecified atom stereocenters. The number of ketones is 1. The van der Waals surface area contributed by atoms with Crippen LogP contribution in [0.5, 0.6) is 0 Å². The van der Waals surface area contributed by atoms with E-state index in [1.165, 1.54) is 11.1 Å². The highest BCUT2D eigenvalue weighted by Gasteiger charge is 1.99. The fraction of sp³-hybridized carbons (Fsp3) is 0.533. The van der Waals surface area contributed by atoms with Crippen LogP contribution in [0.4, 0.5) is 0 Å². The third-order valence-corrected chi connectivity index (χ3v) is 2.91. The van der Waals surface area contributed by atoms with E-state index in [9.17, 15) is 4.79 Å². The molecule has 0 saturated carbocycles. The number of nitrogens with two attached hydrogens (primary N) is 1. The Morgan fingerprint density at radius 2 is 1.71 bits per heavy atom. The number of Topliss-reactive ketones (excluding diaryl/α,β-unsaturated/α-hetero) is 1. The van der Waals surface area contributed by atoms with Crippen molar-refractivity contribution >= 4 is 5.78 Å². The summed E-state index contributed by atoms with van der Waals surface area (Å²) < 4.78 is 0. The summed E-state index contributed by atoms with van der Waals surface area (Å²) in [6.07, 6.45) is 4.71. The standard InChI is InChI=1S/C15H23NO/c1-12(16)6-7-15-10-8-14(9-11-15)5-3-4-13(2)17/h8-12H,3-7,16H2,1-2H3. The average Bonchev–Trinajstić information content (AvgIpc) is 2.27. The second-order valence-corrected chi connectivity index (χ2v) is 4.89. The first-order chi connectivity index (χ1) is 8.08. The Kier molecular flexibility index (Phi) is 5.92. The largest absolute Gasteiger partial charge is 0.328 e. The van der Waals surface area contributed by atoms with Gasteiger partial charge in [0.05, 0.1) is 0 Å². The zero-order valence-corrected chi connectivity index (χ0v) is 10.9. The fourth-order valence-electron chi connectivity index (χ4n) is 1.81. The molecule has 0 aliphatic heterocycles. The maximum absolute atomic E-state index is 10.8. The molecule has 1 rings (SSSR count). The Hall–Kier alpha value is -1.15. The van der Waals surface area contributed by atoms with Gasteiger partial charge in [-0.25, -0.2) is 0 Å². The minimum Gasteiger partial charge on any atom is -0.328 e. The molecule has 1 aromatic carbocycles. The first kappa shape index (κ1) is 13.9. The predicted molar refractivity (Wildman–Crippen MR) is 72.0 cm³/mol. The van der Waals surface area contributed by atoms with E-state index < -0.39 is 0 Å². The van der Waals surface area contributed by atoms with Gasteiger partial charge in [-0.2, -0.15) is 0 Å². The molecule has 17 heavy (non-hydrogen) atoms. The molecule has 0 aliphatic carbocycles. The summed E-state index contributed by atoms with van der Waals surface area (Å²) >= 11 is 0. The maximum Gasteiger partial charge on any atom is 0.129 e. The van der Waals surface area contributed by atoms with Gasteiger partial charge >= 0.3 is 0 Å². The highest BCUT2D eigenvalue weighted by Crippen LogP contribution is 2.10. The molecule has 0 amide bonds. The molecular weight excluding hydrogens is 210 g/mol. The Labute approximate surface area is 104 Å². The quantitative estimate of drug-likeness (QED) is 0.787. The smallest absolute Gasteiger partial charge is 0.129 e. The topological polar surface area (TPSA) is 43.1 Å². The van der Waals surface area contributed by atoms with Crippen LogP contribution < -0.4 is 5.73 Å². The number of aryl methyl sites for hydroxylation is 2. The van der Waals surface area contributed by atoms with Gasteiger partial charge < -0.3 is 10.5 Å². The molecule has 2 heteroatoms. The summed E-state index contributed by atoms with van der Waals surface area (Å²) in [5, 5.41) is 0. The van der Waals surface area contributed by atoms with E-state index in [4.69, 9.17) is 5.73 Å². The van der Waals surface area contributed by atoms with Crippen LogP contribution in [0.15, 0.2) is 24.3 Å².